The van der Waals surface area contributed by atoms with Gasteiger partial charge in [-0.2, -0.15) is 5.10 Å². The zero-order valence-corrected chi connectivity index (χ0v) is 16.3. The van der Waals surface area contributed by atoms with Crippen LogP contribution in [0.15, 0.2) is 73.8 Å². The van der Waals surface area contributed by atoms with E-state index in [-0.39, 0.29) is 23.1 Å². The Morgan fingerprint density at radius 1 is 1.26 bits per heavy atom. The molecule has 4 rings (SSSR count). The van der Waals surface area contributed by atoms with Crippen LogP contribution in [0.4, 0.5) is 4.39 Å². The molecule has 1 N–H and O–H groups in total. The number of carbonyl (C=O) groups excluding carboxylic acids is 1. The molecule has 9 heteroatoms. The summed E-state index contributed by atoms with van der Waals surface area (Å²) in [4.78, 5) is 24.5. The predicted molar refractivity (Wildman–Crippen MR) is 110 cm³/mol. The van der Waals surface area contributed by atoms with Gasteiger partial charge in [0.15, 0.2) is 12.4 Å². The summed E-state index contributed by atoms with van der Waals surface area (Å²) in [6, 6.07) is 10.8. The molecule has 2 heterocycles. The monoisotopic (exact) mass is 421 g/mol. The minimum atomic E-state index is -0.555. The fraction of sp³-hybridized carbons (Fsp3) is 0.0909. The van der Waals surface area contributed by atoms with E-state index in [4.69, 9.17) is 13.7 Å². The van der Waals surface area contributed by atoms with Crippen molar-refractivity contribution >= 4 is 23.1 Å². The van der Waals surface area contributed by atoms with Crippen LogP contribution in [0.5, 0.6) is 5.75 Å². The number of benzene rings is 2. The molecule has 0 aliphatic heterocycles. The topological polar surface area (TPSA) is 107 Å². The summed E-state index contributed by atoms with van der Waals surface area (Å²) in [5.41, 5.74) is 3.76. The van der Waals surface area contributed by atoms with Crippen LogP contribution < -0.4 is 15.6 Å². The van der Waals surface area contributed by atoms with Crippen molar-refractivity contribution < 1.29 is 22.9 Å². The number of amides is 1. The van der Waals surface area contributed by atoms with E-state index in [0.717, 1.165) is 17.8 Å². The van der Waals surface area contributed by atoms with Crippen LogP contribution >= 0.6 is 0 Å². The highest BCUT2D eigenvalue weighted by molar-refractivity contribution is 5.87. The molecule has 31 heavy (non-hydrogen) atoms. The van der Waals surface area contributed by atoms with Crippen molar-refractivity contribution in [2.45, 2.75) is 6.92 Å². The van der Waals surface area contributed by atoms with Gasteiger partial charge in [-0.15, -0.1) is 0 Å². The Morgan fingerprint density at radius 2 is 2.13 bits per heavy atom. The molecule has 0 aliphatic rings. The Labute approximate surface area is 174 Å². The van der Waals surface area contributed by atoms with E-state index in [9.17, 15) is 14.0 Å². The van der Waals surface area contributed by atoms with Crippen LogP contribution in [-0.4, -0.2) is 23.9 Å². The summed E-state index contributed by atoms with van der Waals surface area (Å²) in [5, 5.41) is 7.51. The Balaban J connectivity index is 1.42. The van der Waals surface area contributed by atoms with Crippen LogP contribution in [-0.2, 0) is 4.79 Å². The number of nitrogens with zero attached hydrogens (tertiary/aromatic N) is 2. The summed E-state index contributed by atoms with van der Waals surface area (Å²) in [6.45, 7) is 1.60. The molecular weight excluding hydrogens is 405 g/mol. The van der Waals surface area contributed by atoms with Gasteiger partial charge in [-0.3, -0.25) is 9.59 Å². The number of fused-ring (bicyclic) bond motifs is 1. The molecule has 1 amide bonds. The second kappa shape index (κ2) is 8.62. The maximum atomic E-state index is 13.4. The number of halogens is 1. The third-order valence-electron chi connectivity index (χ3n) is 4.35. The van der Waals surface area contributed by atoms with Crippen molar-refractivity contribution in [1.29, 1.82) is 0 Å². The van der Waals surface area contributed by atoms with Gasteiger partial charge < -0.3 is 13.7 Å². The summed E-state index contributed by atoms with van der Waals surface area (Å²) >= 11 is 0. The normalized spacial score (nSPS) is 11.2. The lowest BCUT2D eigenvalue weighted by atomic mass is 10.1. The predicted octanol–water partition coefficient (Wildman–Crippen LogP) is 3.42. The smallest absolute Gasteiger partial charge is 0.277 e. The van der Waals surface area contributed by atoms with Gasteiger partial charge in [-0.25, -0.2) is 9.82 Å². The van der Waals surface area contributed by atoms with Crippen LogP contribution in [0, 0.1) is 12.7 Å². The zero-order valence-electron chi connectivity index (χ0n) is 16.3. The third-order valence-corrected chi connectivity index (χ3v) is 4.35. The zero-order chi connectivity index (χ0) is 21.8. The number of carbonyl (C=O) groups is 1. The molecule has 0 bridgehead atoms. The van der Waals surface area contributed by atoms with Crippen molar-refractivity contribution in [2.75, 3.05) is 6.61 Å². The van der Waals surface area contributed by atoms with E-state index in [0.29, 0.717) is 17.1 Å². The maximum Gasteiger partial charge on any atom is 0.277 e. The fourth-order valence-electron chi connectivity index (χ4n) is 2.87. The average Bonchev–Trinajstić information content (AvgIpc) is 3.29. The maximum absolute atomic E-state index is 13.4. The highest BCUT2D eigenvalue weighted by atomic mass is 19.1. The summed E-state index contributed by atoms with van der Waals surface area (Å²) in [5.74, 6) is -0.146. The molecule has 2 aromatic carbocycles. The molecule has 8 nitrogen and oxygen atoms in total. The first kappa shape index (κ1) is 20.0. The van der Waals surface area contributed by atoms with Crippen LogP contribution in [0.1, 0.15) is 11.1 Å². The van der Waals surface area contributed by atoms with Crippen molar-refractivity contribution in [3.63, 3.8) is 0 Å². The Kier molecular flexibility index (Phi) is 5.57. The number of aromatic nitrogens is 1. The molecule has 0 atom stereocenters. The van der Waals surface area contributed by atoms with Crippen molar-refractivity contribution in [2.24, 2.45) is 5.10 Å². The number of hydrogen-bond donors (Lipinski definition) is 1. The number of aryl methyl sites for hydroxylation is 1. The SMILES string of the molecule is Cc1ccc(OCC(=O)N/N=C/c2coc3ccc(F)cc3c2=O)c(-c2ccno2)c1. The number of rotatable bonds is 6. The van der Waals surface area contributed by atoms with Gasteiger partial charge in [0.1, 0.15) is 23.4 Å². The van der Waals surface area contributed by atoms with Crippen LogP contribution in [0.3, 0.4) is 0 Å². The molecule has 0 fully saturated rings. The van der Waals surface area contributed by atoms with E-state index in [2.05, 4.69) is 15.7 Å². The van der Waals surface area contributed by atoms with Gasteiger partial charge in [-0.05, 0) is 37.3 Å². The molecule has 4 aromatic rings. The summed E-state index contributed by atoms with van der Waals surface area (Å²) in [7, 11) is 0. The van der Waals surface area contributed by atoms with Gasteiger partial charge >= 0.3 is 0 Å². The van der Waals surface area contributed by atoms with E-state index in [1.54, 1.807) is 12.1 Å². The summed E-state index contributed by atoms with van der Waals surface area (Å²) in [6.07, 6.45) is 3.82. The van der Waals surface area contributed by atoms with Gasteiger partial charge in [0, 0.05) is 6.07 Å². The first-order valence-electron chi connectivity index (χ1n) is 9.19. The second-order valence-electron chi connectivity index (χ2n) is 6.62. The van der Waals surface area contributed by atoms with Gasteiger partial charge in [-0.1, -0.05) is 16.8 Å². The van der Waals surface area contributed by atoms with Gasteiger partial charge in [0.25, 0.3) is 5.91 Å². The average molecular weight is 421 g/mol. The van der Waals surface area contributed by atoms with E-state index >= 15 is 0 Å². The Morgan fingerprint density at radius 3 is 2.94 bits per heavy atom. The molecule has 0 spiro atoms. The Hall–Kier alpha value is -4.27. The molecule has 0 saturated heterocycles. The molecule has 0 unspecified atom stereocenters. The molecule has 0 radical (unpaired) electrons. The van der Waals surface area contributed by atoms with Crippen molar-refractivity contribution in [1.82, 2.24) is 10.6 Å². The van der Waals surface area contributed by atoms with Crippen LogP contribution in [0.25, 0.3) is 22.3 Å². The number of ether oxygens (including phenoxy) is 1. The first-order chi connectivity index (χ1) is 15.0. The van der Waals surface area contributed by atoms with Crippen LogP contribution in [0.2, 0.25) is 0 Å². The highest BCUT2D eigenvalue weighted by Crippen LogP contribution is 2.30. The third kappa shape index (κ3) is 4.50. The van der Waals surface area contributed by atoms with E-state index in [1.807, 2.05) is 19.1 Å². The number of hydrogen-bond acceptors (Lipinski definition) is 7. The minimum absolute atomic E-state index is 0.0606. The molecule has 2 aromatic heterocycles. The lowest BCUT2D eigenvalue weighted by molar-refractivity contribution is -0.123. The lowest BCUT2D eigenvalue weighted by Gasteiger charge is -2.09. The minimum Gasteiger partial charge on any atom is -0.483 e. The van der Waals surface area contributed by atoms with Gasteiger partial charge in [0.05, 0.1) is 28.9 Å². The van der Waals surface area contributed by atoms with E-state index in [1.165, 1.54) is 24.6 Å². The molecular formula is C22H16FN3O5. The second-order valence-corrected chi connectivity index (χ2v) is 6.62. The number of nitrogens with one attached hydrogen (secondary N) is 1. The molecule has 0 aliphatic carbocycles. The highest BCUT2D eigenvalue weighted by Gasteiger charge is 2.12. The lowest BCUT2D eigenvalue weighted by Crippen LogP contribution is -2.25. The Bertz CT molecular complexity index is 1330. The quantitative estimate of drug-likeness (QED) is 0.378. The fourth-order valence-corrected chi connectivity index (χ4v) is 2.87. The first-order valence-corrected chi connectivity index (χ1v) is 9.19. The van der Waals surface area contributed by atoms with E-state index < -0.39 is 17.2 Å². The largest absolute Gasteiger partial charge is 0.483 e. The van der Waals surface area contributed by atoms with Gasteiger partial charge in [0.2, 0.25) is 5.43 Å². The standard InChI is InChI=1S/C22H16FN3O5/c1-13-2-4-18(16(8-13)20-6-7-25-31-20)30-12-21(27)26-24-10-14-11-29-19-5-3-15(23)9-17(19)22(14)28/h2-11H,12H2,1H3,(H,26,27)/b24-10+. The molecule has 156 valence electrons. The molecule has 0 saturated carbocycles. The van der Waals surface area contributed by atoms with Crippen molar-refractivity contribution in [3.8, 4) is 17.1 Å². The number of hydrazone groups is 1. The van der Waals surface area contributed by atoms with Crippen molar-refractivity contribution in [3.05, 3.63) is 82.1 Å². The summed E-state index contributed by atoms with van der Waals surface area (Å²) < 4.78 is 29.4.